The average Bonchev–Trinajstić information content (AvgIpc) is 2.64. The van der Waals surface area contributed by atoms with Crippen LogP contribution in [0.2, 0.25) is 0 Å². The van der Waals surface area contributed by atoms with E-state index in [9.17, 15) is 0 Å². The fraction of sp³-hybridized carbons (Fsp3) is 0.417. The van der Waals surface area contributed by atoms with Crippen LogP contribution in [0.15, 0.2) is 54.6 Å². The molecule has 0 aromatic heterocycles. The largest absolute Gasteiger partial charge is 0.0616 e. The maximum atomic E-state index is 2.37. The zero-order chi connectivity index (χ0) is 16.2. The first-order chi connectivity index (χ1) is 11.9. The Kier molecular flexibility index (Phi) is 4.83. The van der Waals surface area contributed by atoms with Crippen LogP contribution >= 0.6 is 0 Å². The summed E-state index contributed by atoms with van der Waals surface area (Å²) in [7, 11) is 0. The average molecular weight is 316 g/mol. The zero-order valence-electron chi connectivity index (χ0n) is 14.6. The molecule has 0 radical (unpaired) electrons. The summed E-state index contributed by atoms with van der Waals surface area (Å²) in [4.78, 5) is 0. The van der Waals surface area contributed by atoms with Gasteiger partial charge in [0.05, 0.1) is 0 Å². The van der Waals surface area contributed by atoms with Gasteiger partial charge in [-0.25, -0.2) is 0 Å². The number of benzene rings is 3. The molecule has 0 bridgehead atoms. The van der Waals surface area contributed by atoms with Crippen molar-refractivity contribution in [3.63, 3.8) is 0 Å². The molecule has 3 aromatic rings. The molecule has 0 heteroatoms. The molecule has 0 N–H and O–H groups in total. The van der Waals surface area contributed by atoms with Crippen molar-refractivity contribution >= 4 is 21.5 Å². The second-order valence-electron chi connectivity index (χ2n) is 7.48. The second-order valence-corrected chi connectivity index (χ2v) is 7.48. The van der Waals surface area contributed by atoms with Crippen molar-refractivity contribution in [1.29, 1.82) is 0 Å². The van der Waals surface area contributed by atoms with Gasteiger partial charge < -0.3 is 0 Å². The molecular formula is C24H28. The fourth-order valence-corrected chi connectivity index (χ4v) is 4.59. The van der Waals surface area contributed by atoms with E-state index in [0.717, 1.165) is 5.92 Å². The van der Waals surface area contributed by atoms with Gasteiger partial charge in [-0.3, -0.25) is 0 Å². The van der Waals surface area contributed by atoms with Crippen LogP contribution in [0.5, 0.6) is 0 Å². The van der Waals surface area contributed by atoms with E-state index in [2.05, 4.69) is 54.6 Å². The highest BCUT2D eigenvalue weighted by Crippen LogP contribution is 2.39. The molecule has 0 aliphatic heterocycles. The molecule has 3 aromatic carbocycles. The molecule has 0 saturated heterocycles. The van der Waals surface area contributed by atoms with Gasteiger partial charge in [0.25, 0.3) is 0 Å². The Bertz CT molecular complexity index is 751. The third-order valence-corrected chi connectivity index (χ3v) is 5.83. The van der Waals surface area contributed by atoms with Crippen molar-refractivity contribution in [1.82, 2.24) is 0 Å². The van der Waals surface area contributed by atoms with Crippen molar-refractivity contribution in [2.75, 3.05) is 0 Å². The SMILES string of the molecule is c1ccc2c(C3CCCCCCCCC3)c3ccccc3cc2c1. The molecule has 24 heavy (non-hydrogen) atoms. The van der Waals surface area contributed by atoms with E-state index in [-0.39, 0.29) is 0 Å². The van der Waals surface area contributed by atoms with Crippen LogP contribution in [0, 0.1) is 0 Å². The normalized spacial score (nSPS) is 18.0. The Balaban J connectivity index is 1.84. The van der Waals surface area contributed by atoms with Gasteiger partial charge in [-0.2, -0.15) is 0 Å². The highest BCUT2D eigenvalue weighted by Gasteiger charge is 2.18. The first-order valence-electron chi connectivity index (χ1n) is 9.84. The smallest absolute Gasteiger partial charge is 0.0143 e. The fourth-order valence-electron chi connectivity index (χ4n) is 4.59. The van der Waals surface area contributed by atoms with E-state index in [0.29, 0.717) is 0 Å². The van der Waals surface area contributed by atoms with Crippen LogP contribution in [-0.2, 0) is 0 Å². The summed E-state index contributed by atoms with van der Waals surface area (Å²) >= 11 is 0. The van der Waals surface area contributed by atoms with Gasteiger partial charge >= 0.3 is 0 Å². The monoisotopic (exact) mass is 316 g/mol. The number of hydrogen-bond acceptors (Lipinski definition) is 0. The van der Waals surface area contributed by atoms with Crippen molar-refractivity contribution in [3.8, 4) is 0 Å². The van der Waals surface area contributed by atoms with Crippen molar-refractivity contribution in [2.45, 2.75) is 63.7 Å². The van der Waals surface area contributed by atoms with Gasteiger partial charge in [0.15, 0.2) is 0 Å². The Hall–Kier alpha value is -1.82. The van der Waals surface area contributed by atoms with Crippen LogP contribution < -0.4 is 0 Å². The molecule has 0 amide bonds. The Morgan fingerprint density at radius 3 is 1.54 bits per heavy atom. The van der Waals surface area contributed by atoms with Gasteiger partial charge in [0, 0.05) is 0 Å². The molecule has 1 fully saturated rings. The predicted molar refractivity (Wildman–Crippen MR) is 106 cm³/mol. The zero-order valence-corrected chi connectivity index (χ0v) is 14.6. The molecular weight excluding hydrogens is 288 g/mol. The maximum Gasteiger partial charge on any atom is -0.0143 e. The lowest BCUT2D eigenvalue weighted by atomic mass is 9.82. The minimum Gasteiger partial charge on any atom is -0.0616 e. The summed E-state index contributed by atoms with van der Waals surface area (Å²) < 4.78 is 0. The molecule has 1 aliphatic rings. The summed E-state index contributed by atoms with van der Waals surface area (Å²) in [5.74, 6) is 0.721. The van der Waals surface area contributed by atoms with Crippen molar-refractivity contribution < 1.29 is 0 Å². The van der Waals surface area contributed by atoms with Gasteiger partial charge in [-0.1, -0.05) is 93.5 Å². The third kappa shape index (κ3) is 3.20. The molecule has 1 saturated carbocycles. The number of hydrogen-bond donors (Lipinski definition) is 0. The molecule has 0 heterocycles. The Labute approximate surface area is 145 Å². The summed E-state index contributed by atoms with van der Waals surface area (Å²) in [5, 5.41) is 5.78. The lowest BCUT2D eigenvalue weighted by Crippen LogP contribution is -2.03. The van der Waals surface area contributed by atoms with E-state index < -0.39 is 0 Å². The molecule has 124 valence electrons. The number of rotatable bonds is 1. The second kappa shape index (κ2) is 7.38. The summed E-state index contributed by atoms with van der Waals surface area (Å²) in [6.45, 7) is 0. The van der Waals surface area contributed by atoms with Crippen molar-refractivity contribution in [3.05, 3.63) is 60.2 Å². The topological polar surface area (TPSA) is 0 Å². The molecule has 0 spiro atoms. The van der Waals surface area contributed by atoms with Gasteiger partial charge in [-0.15, -0.1) is 0 Å². The van der Waals surface area contributed by atoms with Crippen LogP contribution in [-0.4, -0.2) is 0 Å². The predicted octanol–water partition coefficient (Wildman–Crippen LogP) is 7.60. The summed E-state index contributed by atoms with van der Waals surface area (Å²) in [6.07, 6.45) is 12.6. The lowest BCUT2D eigenvalue weighted by molar-refractivity contribution is 0.465. The highest BCUT2D eigenvalue weighted by atomic mass is 14.2. The summed E-state index contributed by atoms with van der Waals surface area (Å²) in [5.41, 5.74) is 1.63. The van der Waals surface area contributed by atoms with Gasteiger partial charge in [0.1, 0.15) is 0 Å². The minimum atomic E-state index is 0.721. The Morgan fingerprint density at radius 1 is 0.542 bits per heavy atom. The van der Waals surface area contributed by atoms with Crippen LogP contribution in [0.4, 0.5) is 0 Å². The molecule has 1 aliphatic carbocycles. The molecule has 4 rings (SSSR count). The minimum absolute atomic E-state index is 0.721. The maximum absolute atomic E-state index is 2.37. The van der Waals surface area contributed by atoms with Crippen LogP contribution in [0.3, 0.4) is 0 Å². The third-order valence-electron chi connectivity index (χ3n) is 5.83. The van der Waals surface area contributed by atoms with E-state index >= 15 is 0 Å². The van der Waals surface area contributed by atoms with Crippen LogP contribution in [0.1, 0.15) is 69.3 Å². The molecule has 0 nitrogen and oxygen atoms in total. The van der Waals surface area contributed by atoms with E-state index in [1.807, 2.05) is 0 Å². The van der Waals surface area contributed by atoms with Gasteiger partial charge in [0.2, 0.25) is 0 Å². The first kappa shape index (κ1) is 15.7. The van der Waals surface area contributed by atoms with Gasteiger partial charge in [-0.05, 0) is 51.9 Å². The molecule has 0 unspecified atom stereocenters. The molecule has 0 atom stereocenters. The Morgan fingerprint density at radius 2 is 1.00 bits per heavy atom. The standard InChI is InChI=1S/C24H28/c1-2-4-6-12-19(13-7-5-3-1)24-22-16-10-8-14-20(22)18-21-15-9-11-17-23(21)24/h8-11,14-19H,1-7,12-13H2. The first-order valence-corrected chi connectivity index (χ1v) is 9.84. The van der Waals surface area contributed by atoms with Crippen LogP contribution in [0.25, 0.3) is 21.5 Å². The van der Waals surface area contributed by atoms with E-state index in [1.54, 1.807) is 5.56 Å². The lowest BCUT2D eigenvalue weighted by Gasteiger charge is -2.23. The number of fused-ring (bicyclic) bond motifs is 2. The van der Waals surface area contributed by atoms with E-state index in [4.69, 9.17) is 0 Å². The van der Waals surface area contributed by atoms with E-state index in [1.165, 1.54) is 79.3 Å². The highest BCUT2D eigenvalue weighted by molar-refractivity contribution is 6.02. The van der Waals surface area contributed by atoms with Crippen molar-refractivity contribution in [2.24, 2.45) is 0 Å². The quantitative estimate of drug-likeness (QED) is 0.405. The summed E-state index contributed by atoms with van der Waals surface area (Å²) in [6, 6.07) is 20.4.